The molecule has 1 atom stereocenters. The van der Waals surface area contributed by atoms with Gasteiger partial charge in [-0.3, -0.25) is 14.9 Å². The molecule has 0 aromatic carbocycles. The van der Waals surface area contributed by atoms with E-state index in [9.17, 15) is 18.0 Å². The smallest absolute Gasteiger partial charge is 0.366 e. The first-order chi connectivity index (χ1) is 11.9. The number of amides is 1. The molecule has 1 fully saturated rings. The lowest BCUT2D eigenvalue weighted by Crippen LogP contribution is -2.43. The second-order valence-electron chi connectivity index (χ2n) is 5.52. The Morgan fingerprint density at radius 3 is 2.96 bits per heavy atom. The van der Waals surface area contributed by atoms with Crippen LogP contribution in [-0.2, 0) is 17.3 Å². The molecule has 0 saturated carbocycles. The van der Waals surface area contributed by atoms with Crippen molar-refractivity contribution in [3.63, 3.8) is 0 Å². The summed E-state index contributed by atoms with van der Waals surface area (Å²) in [4.78, 5) is 21.7. The minimum atomic E-state index is -4.65. The molecule has 0 bridgehead atoms. The van der Waals surface area contributed by atoms with Gasteiger partial charge in [-0.25, -0.2) is 4.98 Å². The van der Waals surface area contributed by atoms with Crippen molar-refractivity contribution in [1.82, 2.24) is 25.1 Å². The molecule has 1 N–H and O–H groups in total. The Bertz CT molecular complexity index is 762. The molecule has 1 amide bonds. The molecule has 0 aliphatic carbocycles. The third-order valence-electron chi connectivity index (χ3n) is 3.88. The number of nitrogens with zero attached hydrogens (tertiary/aromatic N) is 4. The number of carbonyl (C=O) groups excluding carboxylic acids is 1. The summed E-state index contributed by atoms with van der Waals surface area (Å²) < 4.78 is 44.9. The van der Waals surface area contributed by atoms with E-state index in [4.69, 9.17) is 4.74 Å². The summed E-state index contributed by atoms with van der Waals surface area (Å²) in [7, 11) is 0. The van der Waals surface area contributed by atoms with Gasteiger partial charge in [0.2, 0.25) is 0 Å². The summed E-state index contributed by atoms with van der Waals surface area (Å²) in [5.74, 6) is 0.352. The van der Waals surface area contributed by atoms with Gasteiger partial charge in [0, 0.05) is 25.4 Å². The highest BCUT2D eigenvalue weighted by molar-refractivity contribution is 5.95. The summed E-state index contributed by atoms with van der Waals surface area (Å²) in [5, 5.41) is 6.80. The number of nitrogens with one attached hydrogen (secondary N) is 1. The maximum absolute atomic E-state index is 13.1. The highest BCUT2D eigenvalue weighted by Gasteiger charge is 2.37. The molecule has 1 saturated heterocycles. The Balaban J connectivity index is 1.81. The van der Waals surface area contributed by atoms with Crippen LogP contribution in [0.2, 0.25) is 0 Å². The average molecular weight is 355 g/mol. The van der Waals surface area contributed by atoms with E-state index in [0.29, 0.717) is 24.3 Å². The zero-order valence-corrected chi connectivity index (χ0v) is 13.4. The molecule has 7 nitrogen and oxygen atoms in total. The van der Waals surface area contributed by atoms with E-state index in [0.717, 1.165) is 6.07 Å². The Morgan fingerprint density at radius 1 is 1.48 bits per heavy atom. The molecular formula is C15H16F3N5O2. The predicted octanol–water partition coefficient (Wildman–Crippen LogP) is 1.99. The molecule has 3 heterocycles. The first-order valence-corrected chi connectivity index (χ1v) is 7.73. The van der Waals surface area contributed by atoms with Gasteiger partial charge >= 0.3 is 6.18 Å². The first-order valence-electron chi connectivity index (χ1n) is 7.73. The van der Waals surface area contributed by atoms with E-state index >= 15 is 0 Å². The van der Waals surface area contributed by atoms with Crippen LogP contribution < -0.4 is 0 Å². The second-order valence-corrected chi connectivity index (χ2v) is 5.52. The van der Waals surface area contributed by atoms with E-state index in [1.165, 1.54) is 11.1 Å². The Labute approximate surface area is 141 Å². The molecule has 134 valence electrons. The van der Waals surface area contributed by atoms with Gasteiger partial charge in [-0.2, -0.15) is 18.3 Å². The molecule has 1 aliphatic rings. The molecule has 0 radical (unpaired) electrons. The van der Waals surface area contributed by atoms with Crippen LogP contribution in [0.15, 0.2) is 18.5 Å². The largest absolute Gasteiger partial charge is 0.418 e. The van der Waals surface area contributed by atoms with Crippen molar-refractivity contribution in [2.75, 3.05) is 19.7 Å². The monoisotopic (exact) mass is 355 g/mol. The number of aromatic nitrogens is 4. The van der Waals surface area contributed by atoms with Crippen molar-refractivity contribution in [2.24, 2.45) is 0 Å². The summed E-state index contributed by atoms with van der Waals surface area (Å²) in [6.07, 6.45) is -2.73. The van der Waals surface area contributed by atoms with Gasteiger partial charge in [0.15, 0.2) is 5.82 Å². The number of pyridine rings is 1. The van der Waals surface area contributed by atoms with Crippen molar-refractivity contribution < 1.29 is 22.7 Å². The Morgan fingerprint density at radius 2 is 2.28 bits per heavy atom. The fraction of sp³-hybridized carbons (Fsp3) is 0.467. The third-order valence-corrected chi connectivity index (χ3v) is 3.88. The number of morpholine rings is 1. The molecule has 25 heavy (non-hydrogen) atoms. The number of alkyl halides is 3. The third kappa shape index (κ3) is 3.63. The van der Waals surface area contributed by atoms with Gasteiger partial charge in [-0.05, 0) is 6.07 Å². The van der Waals surface area contributed by atoms with Crippen molar-refractivity contribution in [3.05, 3.63) is 41.2 Å². The maximum Gasteiger partial charge on any atom is 0.418 e. The van der Waals surface area contributed by atoms with Gasteiger partial charge in [0.25, 0.3) is 5.91 Å². The number of aromatic amines is 1. The number of halogens is 3. The number of ether oxygens (including phenoxy) is 1. The molecular weight excluding hydrogens is 339 g/mol. The highest BCUT2D eigenvalue weighted by Crippen LogP contribution is 2.32. The number of H-pyrrole nitrogens is 1. The van der Waals surface area contributed by atoms with E-state index in [2.05, 4.69) is 20.2 Å². The lowest BCUT2D eigenvalue weighted by atomic mass is 10.1. The van der Waals surface area contributed by atoms with Crippen molar-refractivity contribution in [2.45, 2.75) is 25.6 Å². The minimum absolute atomic E-state index is 0.0828. The highest BCUT2D eigenvalue weighted by atomic mass is 19.4. The molecule has 0 spiro atoms. The van der Waals surface area contributed by atoms with Crippen LogP contribution in [0.25, 0.3) is 0 Å². The topological polar surface area (TPSA) is 84.0 Å². The van der Waals surface area contributed by atoms with Gasteiger partial charge < -0.3 is 9.64 Å². The number of carbonyl (C=O) groups is 1. The van der Waals surface area contributed by atoms with E-state index in [1.54, 1.807) is 0 Å². The van der Waals surface area contributed by atoms with Crippen LogP contribution >= 0.6 is 0 Å². The van der Waals surface area contributed by atoms with Crippen LogP contribution in [-0.4, -0.2) is 50.7 Å². The molecule has 1 unspecified atom stereocenters. The number of hydrogen-bond acceptors (Lipinski definition) is 5. The number of aryl methyl sites for hydroxylation is 1. The zero-order valence-electron chi connectivity index (χ0n) is 13.4. The summed E-state index contributed by atoms with van der Waals surface area (Å²) in [5.41, 5.74) is -1.47. The molecule has 10 heteroatoms. The second kappa shape index (κ2) is 6.79. The summed E-state index contributed by atoms with van der Waals surface area (Å²) in [6.45, 7) is 2.38. The SMILES string of the molecule is CCc1nc(C2CN(C(=O)c3ccncc3C(F)(F)F)CCO2)n[nH]1. The van der Waals surface area contributed by atoms with E-state index in [-0.39, 0.29) is 19.7 Å². The summed E-state index contributed by atoms with van der Waals surface area (Å²) in [6, 6.07) is 1.08. The summed E-state index contributed by atoms with van der Waals surface area (Å²) >= 11 is 0. The minimum Gasteiger partial charge on any atom is -0.366 e. The quantitative estimate of drug-likeness (QED) is 0.910. The van der Waals surface area contributed by atoms with Crippen molar-refractivity contribution in [1.29, 1.82) is 0 Å². The first kappa shape index (κ1) is 17.3. The Hall–Kier alpha value is -2.49. The Kier molecular flexibility index (Phi) is 4.71. The predicted molar refractivity (Wildman–Crippen MR) is 79.6 cm³/mol. The van der Waals surface area contributed by atoms with Gasteiger partial charge in [0.05, 0.1) is 24.3 Å². The van der Waals surface area contributed by atoms with E-state index in [1.807, 2.05) is 6.92 Å². The van der Waals surface area contributed by atoms with Crippen LogP contribution in [0, 0.1) is 0 Å². The molecule has 3 rings (SSSR count). The van der Waals surface area contributed by atoms with E-state index < -0.39 is 29.3 Å². The van der Waals surface area contributed by atoms with Crippen LogP contribution in [0.4, 0.5) is 13.2 Å². The van der Waals surface area contributed by atoms with Crippen LogP contribution in [0.3, 0.4) is 0 Å². The number of hydrogen-bond donors (Lipinski definition) is 1. The number of rotatable bonds is 3. The van der Waals surface area contributed by atoms with Crippen molar-refractivity contribution >= 4 is 5.91 Å². The molecule has 2 aromatic heterocycles. The van der Waals surface area contributed by atoms with Crippen LogP contribution in [0.5, 0.6) is 0 Å². The van der Waals surface area contributed by atoms with Gasteiger partial charge in [0.1, 0.15) is 11.9 Å². The average Bonchev–Trinajstić information content (AvgIpc) is 3.10. The normalized spacial score (nSPS) is 18.4. The van der Waals surface area contributed by atoms with Gasteiger partial charge in [-0.15, -0.1) is 0 Å². The lowest BCUT2D eigenvalue weighted by Gasteiger charge is -2.32. The molecule has 1 aliphatic heterocycles. The van der Waals surface area contributed by atoms with Gasteiger partial charge in [-0.1, -0.05) is 6.92 Å². The fourth-order valence-corrected chi connectivity index (χ4v) is 2.58. The maximum atomic E-state index is 13.1. The molecule has 2 aromatic rings. The van der Waals surface area contributed by atoms with Crippen LogP contribution in [0.1, 0.15) is 40.6 Å². The zero-order chi connectivity index (χ0) is 18.0. The van der Waals surface area contributed by atoms with Crippen molar-refractivity contribution in [3.8, 4) is 0 Å². The lowest BCUT2D eigenvalue weighted by molar-refractivity contribution is -0.138. The fourth-order valence-electron chi connectivity index (χ4n) is 2.58. The standard InChI is InChI=1S/C15H16F3N5O2/c1-2-12-20-13(22-21-12)11-8-23(5-6-25-11)14(24)9-3-4-19-7-10(9)15(16,17)18/h3-4,7,11H,2,5-6,8H2,1H3,(H,20,21,22).